The van der Waals surface area contributed by atoms with E-state index < -0.39 is 0 Å². The SMILES string of the molecule is O=C(Nc1cccnc1)C1CCCN(C(=O)c2ccc(F)cc2)C1. The normalized spacial score (nSPS) is 17.4. The van der Waals surface area contributed by atoms with Crippen molar-refractivity contribution in [2.45, 2.75) is 12.8 Å². The zero-order valence-corrected chi connectivity index (χ0v) is 13.1. The molecule has 124 valence electrons. The second-order valence-electron chi connectivity index (χ2n) is 5.83. The fourth-order valence-electron chi connectivity index (χ4n) is 2.83. The van der Waals surface area contributed by atoms with Gasteiger partial charge in [-0.05, 0) is 49.2 Å². The lowest BCUT2D eigenvalue weighted by molar-refractivity contribution is -0.121. The zero-order valence-electron chi connectivity index (χ0n) is 13.1. The Morgan fingerprint density at radius 1 is 1.21 bits per heavy atom. The number of rotatable bonds is 3. The van der Waals surface area contributed by atoms with Gasteiger partial charge in [-0.15, -0.1) is 0 Å². The van der Waals surface area contributed by atoms with Crippen LogP contribution in [0.25, 0.3) is 0 Å². The predicted octanol–water partition coefficient (Wildman–Crippen LogP) is 2.71. The Bertz CT molecular complexity index is 719. The van der Waals surface area contributed by atoms with Crippen molar-refractivity contribution in [2.24, 2.45) is 5.92 Å². The number of hydrogen-bond donors (Lipinski definition) is 1. The number of hydrogen-bond acceptors (Lipinski definition) is 3. The molecule has 1 unspecified atom stereocenters. The quantitative estimate of drug-likeness (QED) is 0.943. The van der Waals surface area contributed by atoms with E-state index in [9.17, 15) is 14.0 Å². The van der Waals surface area contributed by atoms with E-state index >= 15 is 0 Å². The predicted molar refractivity (Wildman–Crippen MR) is 87.9 cm³/mol. The highest BCUT2D eigenvalue weighted by atomic mass is 19.1. The molecule has 0 aliphatic carbocycles. The highest BCUT2D eigenvalue weighted by Crippen LogP contribution is 2.20. The molecule has 0 radical (unpaired) electrons. The van der Waals surface area contributed by atoms with E-state index in [1.165, 1.54) is 24.3 Å². The number of pyridine rings is 1. The first-order chi connectivity index (χ1) is 11.6. The van der Waals surface area contributed by atoms with Crippen LogP contribution in [0.2, 0.25) is 0 Å². The van der Waals surface area contributed by atoms with Crippen LogP contribution >= 0.6 is 0 Å². The molecule has 1 aromatic heterocycles. The molecule has 1 saturated heterocycles. The summed E-state index contributed by atoms with van der Waals surface area (Å²) in [6.07, 6.45) is 4.72. The Kier molecular flexibility index (Phi) is 4.84. The van der Waals surface area contributed by atoms with E-state index in [0.29, 0.717) is 24.3 Å². The molecule has 2 aromatic rings. The Labute approximate surface area is 139 Å². The standard InChI is InChI=1S/C18H18FN3O2/c19-15-7-5-13(6-8-15)18(24)22-10-2-3-14(12-22)17(23)21-16-4-1-9-20-11-16/h1,4-9,11,14H,2-3,10,12H2,(H,21,23). The van der Waals surface area contributed by atoms with Gasteiger partial charge in [0.25, 0.3) is 5.91 Å². The van der Waals surface area contributed by atoms with Gasteiger partial charge in [0.05, 0.1) is 17.8 Å². The first-order valence-corrected chi connectivity index (χ1v) is 7.89. The summed E-state index contributed by atoms with van der Waals surface area (Å²) < 4.78 is 13.0. The van der Waals surface area contributed by atoms with Gasteiger partial charge in [-0.1, -0.05) is 0 Å². The lowest BCUT2D eigenvalue weighted by Gasteiger charge is -2.32. The van der Waals surface area contributed by atoms with Crippen molar-refractivity contribution in [3.63, 3.8) is 0 Å². The van der Waals surface area contributed by atoms with Crippen LogP contribution in [0.15, 0.2) is 48.8 Å². The van der Waals surface area contributed by atoms with Crippen LogP contribution in [0.1, 0.15) is 23.2 Å². The third-order valence-corrected chi connectivity index (χ3v) is 4.10. The van der Waals surface area contributed by atoms with Crippen LogP contribution in [-0.4, -0.2) is 34.8 Å². The zero-order chi connectivity index (χ0) is 16.9. The summed E-state index contributed by atoms with van der Waals surface area (Å²) in [5, 5.41) is 2.83. The first-order valence-electron chi connectivity index (χ1n) is 7.89. The molecule has 0 bridgehead atoms. The van der Waals surface area contributed by atoms with Gasteiger partial charge < -0.3 is 10.2 Å². The van der Waals surface area contributed by atoms with Crippen LogP contribution in [0.4, 0.5) is 10.1 Å². The summed E-state index contributed by atoms with van der Waals surface area (Å²) in [6.45, 7) is 0.967. The first kappa shape index (κ1) is 16.1. The highest BCUT2D eigenvalue weighted by Gasteiger charge is 2.29. The maximum absolute atomic E-state index is 13.0. The van der Waals surface area contributed by atoms with Crippen LogP contribution in [-0.2, 0) is 4.79 Å². The second-order valence-corrected chi connectivity index (χ2v) is 5.83. The van der Waals surface area contributed by atoms with Crippen LogP contribution in [0.5, 0.6) is 0 Å². The van der Waals surface area contributed by atoms with Crippen molar-refractivity contribution in [1.29, 1.82) is 0 Å². The van der Waals surface area contributed by atoms with E-state index in [2.05, 4.69) is 10.3 Å². The molecule has 24 heavy (non-hydrogen) atoms. The van der Waals surface area contributed by atoms with Crippen molar-refractivity contribution in [3.8, 4) is 0 Å². The second kappa shape index (κ2) is 7.21. The van der Waals surface area contributed by atoms with Gasteiger partial charge in [0.1, 0.15) is 5.82 Å². The van der Waals surface area contributed by atoms with Gasteiger partial charge >= 0.3 is 0 Å². The fourth-order valence-corrected chi connectivity index (χ4v) is 2.83. The third kappa shape index (κ3) is 3.76. The Morgan fingerprint density at radius 2 is 2.00 bits per heavy atom. The van der Waals surface area contributed by atoms with Gasteiger partial charge in [-0.2, -0.15) is 0 Å². The lowest BCUT2D eigenvalue weighted by Crippen LogP contribution is -2.43. The smallest absolute Gasteiger partial charge is 0.253 e. The van der Waals surface area contributed by atoms with Crippen molar-refractivity contribution < 1.29 is 14.0 Å². The maximum atomic E-state index is 13.0. The van der Waals surface area contributed by atoms with Crippen molar-refractivity contribution >= 4 is 17.5 Å². The number of nitrogens with one attached hydrogen (secondary N) is 1. The Hall–Kier alpha value is -2.76. The molecular formula is C18H18FN3O2. The molecule has 1 aliphatic heterocycles. The molecule has 1 N–H and O–H groups in total. The number of anilines is 1. The molecular weight excluding hydrogens is 309 g/mol. The molecule has 1 aromatic carbocycles. The van der Waals surface area contributed by atoms with Crippen molar-refractivity contribution in [1.82, 2.24) is 9.88 Å². The molecule has 2 heterocycles. The molecule has 5 nitrogen and oxygen atoms in total. The number of piperidine rings is 1. The molecule has 0 saturated carbocycles. The molecule has 1 fully saturated rings. The summed E-state index contributed by atoms with van der Waals surface area (Å²) in [7, 11) is 0. The van der Waals surface area contributed by atoms with Gasteiger partial charge in [0.2, 0.25) is 5.91 Å². The van der Waals surface area contributed by atoms with E-state index in [1.807, 2.05) is 0 Å². The number of carbonyl (C=O) groups excluding carboxylic acids is 2. The number of benzene rings is 1. The fraction of sp³-hybridized carbons (Fsp3) is 0.278. The monoisotopic (exact) mass is 327 g/mol. The molecule has 3 rings (SSSR count). The van der Waals surface area contributed by atoms with Crippen LogP contribution in [0.3, 0.4) is 0 Å². The minimum Gasteiger partial charge on any atom is -0.338 e. The lowest BCUT2D eigenvalue weighted by atomic mass is 9.96. The summed E-state index contributed by atoms with van der Waals surface area (Å²) in [4.78, 5) is 30.5. The number of halogens is 1. The number of nitrogens with zero attached hydrogens (tertiary/aromatic N) is 2. The molecule has 6 heteroatoms. The summed E-state index contributed by atoms with van der Waals surface area (Å²) >= 11 is 0. The number of carbonyl (C=O) groups is 2. The third-order valence-electron chi connectivity index (χ3n) is 4.10. The molecule has 0 spiro atoms. The maximum Gasteiger partial charge on any atom is 0.253 e. The van der Waals surface area contributed by atoms with Crippen molar-refractivity contribution in [3.05, 3.63) is 60.2 Å². The van der Waals surface area contributed by atoms with Crippen molar-refractivity contribution in [2.75, 3.05) is 18.4 Å². The molecule has 1 aliphatic rings. The summed E-state index contributed by atoms with van der Waals surface area (Å²) in [5.74, 6) is -0.921. The number of amides is 2. The van der Waals surface area contributed by atoms with E-state index in [4.69, 9.17) is 0 Å². The number of aromatic nitrogens is 1. The van der Waals surface area contributed by atoms with E-state index in [-0.39, 0.29) is 23.5 Å². The van der Waals surface area contributed by atoms with Gasteiger partial charge in [-0.3, -0.25) is 14.6 Å². The van der Waals surface area contributed by atoms with Crippen LogP contribution in [0, 0.1) is 11.7 Å². The number of likely N-dealkylation sites (tertiary alicyclic amines) is 1. The minimum absolute atomic E-state index is 0.111. The van der Waals surface area contributed by atoms with Gasteiger partial charge in [-0.25, -0.2) is 4.39 Å². The summed E-state index contributed by atoms with van der Waals surface area (Å²) in [6, 6.07) is 9.00. The van der Waals surface area contributed by atoms with Gasteiger partial charge in [0, 0.05) is 24.8 Å². The average Bonchev–Trinajstić information content (AvgIpc) is 2.63. The minimum atomic E-state index is -0.376. The Balaban J connectivity index is 1.64. The molecule has 1 atom stereocenters. The summed E-state index contributed by atoms with van der Waals surface area (Å²) in [5.41, 5.74) is 1.08. The van der Waals surface area contributed by atoms with Gasteiger partial charge in [0.15, 0.2) is 0 Å². The topological polar surface area (TPSA) is 62.3 Å². The largest absolute Gasteiger partial charge is 0.338 e. The van der Waals surface area contributed by atoms with E-state index in [0.717, 1.165) is 12.8 Å². The van der Waals surface area contributed by atoms with Crippen LogP contribution < -0.4 is 5.32 Å². The highest BCUT2D eigenvalue weighted by molar-refractivity contribution is 5.96. The van der Waals surface area contributed by atoms with E-state index in [1.54, 1.807) is 29.4 Å². The molecule has 2 amide bonds. The average molecular weight is 327 g/mol. The Morgan fingerprint density at radius 3 is 2.71 bits per heavy atom.